The van der Waals surface area contributed by atoms with Gasteiger partial charge in [0.15, 0.2) is 5.69 Å². The third kappa shape index (κ3) is 2.46. The number of likely N-dealkylation sites (tertiary alicyclic amines) is 1. The van der Waals surface area contributed by atoms with Crippen molar-refractivity contribution in [3.8, 4) is 0 Å². The second kappa shape index (κ2) is 4.83. The van der Waals surface area contributed by atoms with Gasteiger partial charge in [-0.2, -0.15) is 0 Å². The van der Waals surface area contributed by atoms with Gasteiger partial charge in [0, 0.05) is 12.6 Å². The van der Waals surface area contributed by atoms with E-state index in [9.17, 15) is 9.90 Å². The van der Waals surface area contributed by atoms with Gasteiger partial charge < -0.3 is 10.0 Å². The Hall–Kier alpha value is -1.43. The van der Waals surface area contributed by atoms with Crippen LogP contribution in [0.3, 0.4) is 0 Å². The van der Waals surface area contributed by atoms with Crippen LogP contribution < -0.4 is 0 Å². The van der Waals surface area contributed by atoms with Gasteiger partial charge in [0.1, 0.15) is 5.69 Å². The summed E-state index contributed by atoms with van der Waals surface area (Å²) in [7, 11) is 0. The van der Waals surface area contributed by atoms with Crippen LogP contribution in [0.15, 0.2) is 4.63 Å². The lowest BCUT2D eigenvalue weighted by Gasteiger charge is -2.24. The summed E-state index contributed by atoms with van der Waals surface area (Å²) in [4.78, 5) is 14.0. The van der Waals surface area contributed by atoms with Crippen molar-refractivity contribution in [1.29, 1.82) is 0 Å². The maximum absolute atomic E-state index is 12.2. The van der Waals surface area contributed by atoms with Gasteiger partial charge in [0.25, 0.3) is 5.91 Å². The third-order valence-electron chi connectivity index (χ3n) is 3.11. The molecule has 1 aromatic heterocycles. The highest BCUT2D eigenvalue weighted by molar-refractivity contribution is 5.93. The molecule has 0 aliphatic carbocycles. The number of nitrogens with zero attached hydrogens (tertiary/aromatic N) is 3. The summed E-state index contributed by atoms with van der Waals surface area (Å²) >= 11 is 0. The van der Waals surface area contributed by atoms with E-state index in [1.54, 1.807) is 18.7 Å². The molecule has 0 bridgehead atoms. The SMILES string of the molecule is Cc1nonc1C(=O)N1CCCC1CC(C)O. The number of hydrogen-bond acceptors (Lipinski definition) is 5. The Morgan fingerprint density at radius 3 is 3.00 bits per heavy atom. The van der Waals surface area contributed by atoms with Crippen molar-refractivity contribution in [2.75, 3.05) is 6.54 Å². The van der Waals surface area contributed by atoms with Crippen molar-refractivity contribution in [3.63, 3.8) is 0 Å². The molecular formula is C11H17N3O3. The van der Waals surface area contributed by atoms with E-state index in [4.69, 9.17) is 0 Å². The van der Waals surface area contributed by atoms with Crippen LogP contribution in [-0.2, 0) is 0 Å². The number of rotatable bonds is 3. The smallest absolute Gasteiger partial charge is 0.278 e. The highest BCUT2D eigenvalue weighted by atomic mass is 16.6. The van der Waals surface area contributed by atoms with E-state index in [1.165, 1.54) is 0 Å². The highest BCUT2D eigenvalue weighted by Crippen LogP contribution is 2.23. The minimum atomic E-state index is -0.398. The molecule has 2 atom stereocenters. The molecule has 2 heterocycles. The molecule has 1 aromatic rings. The predicted octanol–water partition coefficient (Wildman–Crippen LogP) is 0.754. The van der Waals surface area contributed by atoms with Crippen LogP contribution in [0.4, 0.5) is 0 Å². The molecule has 0 radical (unpaired) electrons. The first-order chi connectivity index (χ1) is 8.09. The quantitative estimate of drug-likeness (QED) is 0.842. The van der Waals surface area contributed by atoms with Gasteiger partial charge in [-0.3, -0.25) is 4.79 Å². The maximum Gasteiger partial charge on any atom is 0.278 e. The first-order valence-electron chi connectivity index (χ1n) is 5.87. The second-order valence-corrected chi connectivity index (χ2v) is 4.58. The molecule has 1 saturated heterocycles. The minimum absolute atomic E-state index is 0.0959. The van der Waals surface area contributed by atoms with Gasteiger partial charge in [-0.15, -0.1) is 0 Å². The Morgan fingerprint density at radius 1 is 1.65 bits per heavy atom. The molecular weight excluding hydrogens is 222 g/mol. The Bertz CT molecular complexity index is 402. The number of aryl methyl sites for hydroxylation is 1. The molecule has 0 spiro atoms. The van der Waals surface area contributed by atoms with Crippen molar-refractivity contribution in [1.82, 2.24) is 15.2 Å². The minimum Gasteiger partial charge on any atom is -0.393 e. The lowest BCUT2D eigenvalue weighted by Crippen LogP contribution is -2.37. The number of hydrogen-bond donors (Lipinski definition) is 1. The molecule has 1 aliphatic rings. The van der Waals surface area contributed by atoms with Crippen molar-refractivity contribution >= 4 is 5.91 Å². The molecule has 2 unspecified atom stereocenters. The van der Waals surface area contributed by atoms with Gasteiger partial charge in [0.2, 0.25) is 0 Å². The lowest BCUT2D eigenvalue weighted by atomic mass is 10.1. The summed E-state index contributed by atoms with van der Waals surface area (Å²) < 4.78 is 4.55. The number of aliphatic hydroxyl groups excluding tert-OH is 1. The standard InChI is InChI=1S/C11H17N3O3/c1-7(15)6-9-4-3-5-14(9)11(16)10-8(2)12-17-13-10/h7,9,15H,3-6H2,1-2H3. The maximum atomic E-state index is 12.2. The second-order valence-electron chi connectivity index (χ2n) is 4.58. The zero-order valence-electron chi connectivity index (χ0n) is 10.1. The van der Waals surface area contributed by atoms with E-state index >= 15 is 0 Å². The average Bonchev–Trinajstić information content (AvgIpc) is 2.85. The first-order valence-corrected chi connectivity index (χ1v) is 5.87. The van der Waals surface area contributed by atoms with E-state index in [2.05, 4.69) is 14.9 Å². The third-order valence-corrected chi connectivity index (χ3v) is 3.11. The summed E-state index contributed by atoms with van der Waals surface area (Å²) in [6.07, 6.45) is 2.11. The van der Waals surface area contributed by atoms with Crippen molar-refractivity contribution in [2.24, 2.45) is 0 Å². The van der Waals surface area contributed by atoms with Crippen LogP contribution in [0.1, 0.15) is 42.4 Å². The fraction of sp³-hybridized carbons (Fsp3) is 0.727. The van der Waals surface area contributed by atoms with E-state index in [0.29, 0.717) is 18.7 Å². The van der Waals surface area contributed by atoms with Gasteiger partial charge in [-0.05, 0) is 38.3 Å². The van der Waals surface area contributed by atoms with Gasteiger partial charge in [-0.1, -0.05) is 5.16 Å². The molecule has 6 heteroatoms. The van der Waals surface area contributed by atoms with Gasteiger partial charge in [-0.25, -0.2) is 4.63 Å². The Morgan fingerprint density at radius 2 is 2.41 bits per heavy atom. The van der Waals surface area contributed by atoms with E-state index in [0.717, 1.165) is 12.8 Å². The first kappa shape index (κ1) is 12.0. The zero-order chi connectivity index (χ0) is 12.4. The van der Waals surface area contributed by atoms with Crippen LogP contribution in [0.2, 0.25) is 0 Å². The van der Waals surface area contributed by atoms with Crippen LogP contribution in [0, 0.1) is 6.92 Å². The van der Waals surface area contributed by atoms with Crippen molar-refractivity contribution in [3.05, 3.63) is 11.4 Å². The van der Waals surface area contributed by atoms with E-state index in [-0.39, 0.29) is 17.6 Å². The largest absolute Gasteiger partial charge is 0.393 e. The fourth-order valence-corrected chi connectivity index (χ4v) is 2.30. The lowest BCUT2D eigenvalue weighted by molar-refractivity contribution is 0.0671. The summed E-state index contributed by atoms with van der Waals surface area (Å²) in [5.41, 5.74) is 0.792. The molecule has 6 nitrogen and oxygen atoms in total. The van der Waals surface area contributed by atoms with Gasteiger partial charge in [0.05, 0.1) is 6.10 Å². The topological polar surface area (TPSA) is 79.5 Å². The molecule has 94 valence electrons. The summed E-state index contributed by atoms with van der Waals surface area (Å²) in [6.45, 7) is 4.15. The molecule has 1 fully saturated rings. The Kier molecular flexibility index (Phi) is 3.42. The molecule has 0 aromatic carbocycles. The molecule has 0 saturated carbocycles. The molecule has 1 aliphatic heterocycles. The van der Waals surface area contributed by atoms with Crippen molar-refractivity contribution in [2.45, 2.75) is 45.3 Å². The number of carbonyl (C=O) groups is 1. The molecule has 2 rings (SSSR count). The Labute approximate surface area is 99.6 Å². The molecule has 17 heavy (non-hydrogen) atoms. The predicted molar refractivity (Wildman–Crippen MR) is 59.4 cm³/mol. The summed E-state index contributed by atoms with van der Waals surface area (Å²) in [5.74, 6) is -0.146. The molecule has 1 N–H and O–H groups in total. The zero-order valence-corrected chi connectivity index (χ0v) is 10.1. The van der Waals surface area contributed by atoms with E-state index < -0.39 is 6.10 Å². The number of aromatic nitrogens is 2. The van der Waals surface area contributed by atoms with Crippen LogP contribution in [0.5, 0.6) is 0 Å². The Balaban J connectivity index is 2.11. The normalized spacial score (nSPS) is 21.8. The number of amides is 1. The molecule has 1 amide bonds. The highest BCUT2D eigenvalue weighted by Gasteiger charge is 2.32. The average molecular weight is 239 g/mol. The van der Waals surface area contributed by atoms with Crippen molar-refractivity contribution < 1.29 is 14.5 Å². The number of aliphatic hydroxyl groups is 1. The van der Waals surface area contributed by atoms with Crippen LogP contribution >= 0.6 is 0 Å². The van der Waals surface area contributed by atoms with E-state index in [1.807, 2.05) is 0 Å². The van der Waals surface area contributed by atoms with Crippen LogP contribution in [-0.4, -0.2) is 44.9 Å². The van der Waals surface area contributed by atoms with Gasteiger partial charge >= 0.3 is 0 Å². The number of carbonyl (C=O) groups excluding carboxylic acids is 1. The summed E-state index contributed by atoms with van der Waals surface area (Å²) in [6, 6.07) is 0.0959. The fourth-order valence-electron chi connectivity index (χ4n) is 2.30. The monoisotopic (exact) mass is 239 g/mol. The van der Waals surface area contributed by atoms with Crippen LogP contribution in [0.25, 0.3) is 0 Å². The summed E-state index contributed by atoms with van der Waals surface area (Å²) in [5, 5.41) is 16.7.